The van der Waals surface area contributed by atoms with Crippen LogP contribution in [0.15, 0.2) is 18.2 Å². The molecule has 0 aliphatic carbocycles. The molecule has 0 saturated heterocycles. The first-order valence-electron chi connectivity index (χ1n) is 5.16. The smallest absolute Gasteiger partial charge is 0.0893 e. The molecule has 78 valence electrons. The van der Waals surface area contributed by atoms with Gasteiger partial charge in [-0.05, 0) is 37.8 Å². The van der Waals surface area contributed by atoms with Crippen LogP contribution in [0.3, 0.4) is 0 Å². The Hall–Kier alpha value is -0.820. The summed E-state index contributed by atoms with van der Waals surface area (Å²) < 4.78 is 0. The largest absolute Gasteiger partial charge is 0.385 e. The van der Waals surface area contributed by atoms with E-state index in [1.54, 1.807) is 0 Å². The molecule has 1 unspecified atom stereocenters. The van der Waals surface area contributed by atoms with Crippen LogP contribution in [0.25, 0.3) is 0 Å². The van der Waals surface area contributed by atoms with Gasteiger partial charge in [0.05, 0.1) is 5.60 Å². The fourth-order valence-corrected chi connectivity index (χ4v) is 1.69. The summed E-state index contributed by atoms with van der Waals surface area (Å²) in [6, 6.07) is 6.20. The minimum atomic E-state index is -0.724. The maximum atomic E-state index is 10.3. The monoisotopic (exact) mass is 192 g/mol. The Bertz CT molecular complexity index is 324. The lowest BCUT2D eigenvalue weighted by Crippen LogP contribution is -2.28. The summed E-state index contributed by atoms with van der Waals surface area (Å²) in [7, 11) is 0. The Kier molecular flexibility index (Phi) is 3.01. The zero-order valence-corrected chi connectivity index (χ0v) is 9.76. The lowest BCUT2D eigenvalue weighted by atomic mass is 9.82. The Morgan fingerprint density at radius 2 is 1.79 bits per heavy atom. The van der Waals surface area contributed by atoms with Gasteiger partial charge in [0.2, 0.25) is 0 Å². The summed E-state index contributed by atoms with van der Waals surface area (Å²) in [5, 5.41) is 10.3. The lowest BCUT2D eigenvalue weighted by molar-refractivity contribution is 0.00847. The molecule has 0 aliphatic rings. The summed E-state index contributed by atoms with van der Waals surface area (Å²) in [4.78, 5) is 0. The van der Waals surface area contributed by atoms with Crippen LogP contribution in [0.5, 0.6) is 0 Å². The van der Waals surface area contributed by atoms with Crippen molar-refractivity contribution in [2.45, 2.75) is 40.2 Å². The summed E-state index contributed by atoms with van der Waals surface area (Å²) in [5.74, 6) is 0.226. The summed E-state index contributed by atoms with van der Waals surface area (Å²) in [6.45, 7) is 10.1. The van der Waals surface area contributed by atoms with Crippen LogP contribution in [0, 0.1) is 19.8 Å². The average molecular weight is 192 g/mol. The molecule has 0 aromatic heterocycles. The number of benzene rings is 1. The third kappa shape index (κ3) is 1.98. The number of hydrogen-bond donors (Lipinski definition) is 1. The van der Waals surface area contributed by atoms with Gasteiger partial charge in [0, 0.05) is 0 Å². The molecule has 1 nitrogen and oxygen atoms in total. The molecule has 0 fully saturated rings. The van der Waals surface area contributed by atoms with Crippen LogP contribution in [0.4, 0.5) is 0 Å². The van der Waals surface area contributed by atoms with E-state index < -0.39 is 5.60 Å². The highest BCUT2D eigenvalue weighted by Crippen LogP contribution is 2.31. The molecule has 1 aromatic rings. The highest BCUT2D eigenvalue weighted by atomic mass is 16.3. The van der Waals surface area contributed by atoms with Gasteiger partial charge in [-0.25, -0.2) is 0 Å². The summed E-state index contributed by atoms with van der Waals surface area (Å²) in [6.07, 6.45) is 0. The second kappa shape index (κ2) is 3.74. The van der Waals surface area contributed by atoms with E-state index in [1.165, 1.54) is 11.1 Å². The molecule has 0 bridgehead atoms. The van der Waals surface area contributed by atoms with E-state index in [4.69, 9.17) is 0 Å². The predicted octanol–water partition coefficient (Wildman–Crippen LogP) is 3.17. The van der Waals surface area contributed by atoms with E-state index in [-0.39, 0.29) is 5.92 Å². The zero-order chi connectivity index (χ0) is 10.9. The molecule has 1 heteroatoms. The minimum absolute atomic E-state index is 0.226. The van der Waals surface area contributed by atoms with Gasteiger partial charge in [0.15, 0.2) is 0 Å². The van der Waals surface area contributed by atoms with Crippen molar-refractivity contribution < 1.29 is 5.11 Å². The van der Waals surface area contributed by atoms with Crippen molar-refractivity contribution in [1.82, 2.24) is 0 Å². The fourth-order valence-electron chi connectivity index (χ4n) is 1.69. The molecule has 0 radical (unpaired) electrons. The topological polar surface area (TPSA) is 20.2 Å². The molecule has 1 rings (SSSR count). The minimum Gasteiger partial charge on any atom is -0.385 e. The van der Waals surface area contributed by atoms with Crippen molar-refractivity contribution >= 4 is 0 Å². The Morgan fingerprint density at radius 3 is 2.21 bits per heavy atom. The number of rotatable bonds is 2. The van der Waals surface area contributed by atoms with Gasteiger partial charge in [-0.1, -0.05) is 37.6 Å². The normalized spacial score (nSPS) is 15.6. The number of aryl methyl sites for hydroxylation is 2. The molecular weight excluding hydrogens is 172 g/mol. The van der Waals surface area contributed by atoms with Crippen LogP contribution in [-0.4, -0.2) is 5.11 Å². The molecule has 0 heterocycles. The van der Waals surface area contributed by atoms with Gasteiger partial charge in [-0.15, -0.1) is 0 Å². The van der Waals surface area contributed by atoms with E-state index in [0.29, 0.717) is 0 Å². The van der Waals surface area contributed by atoms with Crippen LogP contribution in [-0.2, 0) is 5.60 Å². The summed E-state index contributed by atoms with van der Waals surface area (Å²) in [5.41, 5.74) is 2.73. The highest BCUT2D eigenvalue weighted by Gasteiger charge is 2.28. The standard InChI is InChI=1S/C13H20O/c1-9(2)13(5,14)12-7-6-10(3)8-11(12)4/h6-9,14H,1-5H3. The van der Waals surface area contributed by atoms with Gasteiger partial charge >= 0.3 is 0 Å². The lowest BCUT2D eigenvalue weighted by Gasteiger charge is -2.30. The number of aliphatic hydroxyl groups is 1. The van der Waals surface area contributed by atoms with Gasteiger partial charge in [-0.2, -0.15) is 0 Å². The summed E-state index contributed by atoms with van der Waals surface area (Å²) >= 11 is 0. The van der Waals surface area contributed by atoms with Crippen LogP contribution >= 0.6 is 0 Å². The molecule has 0 aliphatic heterocycles. The number of hydrogen-bond acceptors (Lipinski definition) is 1. The van der Waals surface area contributed by atoms with Crippen LogP contribution in [0.1, 0.15) is 37.5 Å². The van der Waals surface area contributed by atoms with Crippen LogP contribution in [0.2, 0.25) is 0 Å². The third-order valence-electron chi connectivity index (χ3n) is 3.05. The van der Waals surface area contributed by atoms with Crippen molar-refractivity contribution in [2.75, 3.05) is 0 Å². The van der Waals surface area contributed by atoms with Crippen molar-refractivity contribution in [3.8, 4) is 0 Å². The molecule has 1 atom stereocenters. The third-order valence-corrected chi connectivity index (χ3v) is 3.05. The fraction of sp³-hybridized carbons (Fsp3) is 0.538. The molecule has 1 N–H and O–H groups in total. The first-order chi connectivity index (χ1) is 6.35. The van der Waals surface area contributed by atoms with Gasteiger partial charge < -0.3 is 5.11 Å². The second-order valence-electron chi connectivity index (χ2n) is 4.62. The van der Waals surface area contributed by atoms with Crippen LogP contribution < -0.4 is 0 Å². The molecule has 0 saturated carbocycles. The maximum Gasteiger partial charge on any atom is 0.0893 e. The Labute approximate surface area is 86.8 Å². The zero-order valence-electron chi connectivity index (χ0n) is 9.76. The molecule has 1 aromatic carbocycles. The first-order valence-corrected chi connectivity index (χ1v) is 5.16. The second-order valence-corrected chi connectivity index (χ2v) is 4.62. The maximum absolute atomic E-state index is 10.3. The predicted molar refractivity (Wildman–Crippen MR) is 60.3 cm³/mol. The van der Waals surface area contributed by atoms with Crippen molar-refractivity contribution in [3.05, 3.63) is 34.9 Å². The molecule has 0 spiro atoms. The Balaban J connectivity index is 3.19. The van der Waals surface area contributed by atoms with E-state index >= 15 is 0 Å². The van der Waals surface area contributed by atoms with Crippen molar-refractivity contribution in [2.24, 2.45) is 5.92 Å². The van der Waals surface area contributed by atoms with Gasteiger partial charge in [-0.3, -0.25) is 0 Å². The Morgan fingerprint density at radius 1 is 1.21 bits per heavy atom. The van der Waals surface area contributed by atoms with E-state index in [9.17, 15) is 5.11 Å². The molecular formula is C13H20O. The molecule has 14 heavy (non-hydrogen) atoms. The van der Waals surface area contributed by atoms with Gasteiger partial charge in [0.25, 0.3) is 0 Å². The first kappa shape index (κ1) is 11.3. The van der Waals surface area contributed by atoms with Crippen molar-refractivity contribution in [3.63, 3.8) is 0 Å². The van der Waals surface area contributed by atoms with Crippen molar-refractivity contribution in [1.29, 1.82) is 0 Å². The average Bonchev–Trinajstić information content (AvgIpc) is 2.02. The molecule has 0 amide bonds. The van der Waals surface area contributed by atoms with E-state index in [2.05, 4.69) is 26.0 Å². The van der Waals surface area contributed by atoms with Gasteiger partial charge in [0.1, 0.15) is 0 Å². The highest BCUT2D eigenvalue weighted by molar-refractivity contribution is 5.34. The quantitative estimate of drug-likeness (QED) is 0.763. The van der Waals surface area contributed by atoms with E-state index in [0.717, 1.165) is 5.56 Å². The SMILES string of the molecule is Cc1ccc(C(C)(O)C(C)C)c(C)c1. The van der Waals surface area contributed by atoms with E-state index in [1.807, 2.05) is 26.8 Å².